The number of likely N-dealkylation sites (tertiary alicyclic amines) is 1. The third-order valence-electron chi connectivity index (χ3n) is 5.23. The molecule has 1 aliphatic carbocycles. The molecule has 0 spiro atoms. The highest BCUT2D eigenvalue weighted by Crippen LogP contribution is 2.32. The molecular weight excluding hydrogens is 336 g/mol. The van der Waals surface area contributed by atoms with E-state index in [9.17, 15) is 4.79 Å². The maximum Gasteiger partial charge on any atom is 0.258 e. The lowest BCUT2D eigenvalue weighted by Gasteiger charge is -2.32. The van der Waals surface area contributed by atoms with Crippen molar-refractivity contribution >= 4 is 17.5 Å². The summed E-state index contributed by atoms with van der Waals surface area (Å²) in [5.74, 6) is 1.02. The molecule has 4 nitrogen and oxygen atoms in total. The van der Waals surface area contributed by atoms with Gasteiger partial charge in [-0.05, 0) is 61.8 Å². The Morgan fingerprint density at radius 1 is 1.28 bits per heavy atom. The highest BCUT2D eigenvalue weighted by atomic mass is 35.5. The fourth-order valence-corrected chi connectivity index (χ4v) is 3.68. The number of carbonyl (C=O) groups excluding carboxylic acids is 1. The number of nitrogens with zero attached hydrogens (tertiary/aromatic N) is 1. The number of aryl methyl sites for hydroxylation is 1. The van der Waals surface area contributed by atoms with E-state index >= 15 is 0 Å². The van der Waals surface area contributed by atoms with Gasteiger partial charge in [-0.1, -0.05) is 25.4 Å². The molecule has 1 amide bonds. The van der Waals surface area contributed by atoms with Gasteiger partial charge < -0.3 is 15.0 Å². The van der Waals surface area contributed by atoms with Gasteiger partial charge in [0.05, 0.1) is 0 Å². The van der Waals surface area contributed by atoms with E-state index in [0.717, 1.165) is 53.9 Å². The molecule has 1 saturated heterocycles. The van der Waals surface area contributed by atoms with Crippen LogP contribution in [0, 0.1) is 6.92 Å². The molecule has 0 atom stereocenters. The van der Waals surface area contributed by atoms with E-state index in [-0.39, 0.29) is 18.6 Å². The van der Waals surface area contributed by atoms with Gasteiger partial charge in [0.1, 0.15) is 5.75 Å². The molecule has 0 radical (unpaired) electrons. The quantitative estimate of drug-likeness (QED) is 0.832. The third-order valence-corrected chi connectivity index (χ3v) is 5.64. The van der Waals surface area contributed by atoms with Crippen LogP contribution in [0.25, 0.3) is 0 Å². The molecule has 5 heteroatoms. The van der Waals surface area contributed by atoms with Gasteiger partial charge in [0.25, 0.3) is 5.91 Å². The Bertz CT molecular complexity index is 620. The van der Waals surface area contributed by atoms with Crippen molar-refractivity contribution in [3.05, 3.63) is 28.3 Å². The molecule has 3 rings (SSSR count). The van der Waals surface area contributed by atoms with Crippen LogP contribution >= 0.6 is 11.6 Å². The fourth-order valence-electron chi connectivity index (χ4n) is 3.51. The maximum absolute atomic E-state index is 12.3. The number of hydrogen-bond donors (Lipinski definition) is 1. The van der Waals surface area contributed by atoms with E-state index in [4.69, 9.17) is 16.3 Å². The molecule has 1 aromatic carbocycles. The standard InChI is InChI=1S/C20H29ClN2O2/c1-13(2)17-11-18(21)14(3)10-19(17)25-12-20(24)22-15-6-8-23(9-7-15)16-4-5-16/h10-11,13,15-16H,4-9,12H2,1-3H3,(H,22,24). The molecule has 1 aromatic rings. The van der Waals surface area contributed by atoms with Crippen molar-refractivity contribution in [2.45, 2.75) is 64.5 Å². The van der Waals surface area contributed by atoms with Crippen LogP contribution in [0.4, 0.5) is 0 Å². The van der Waals surface area contributed by atoms with Gasteiger partial charge >= 0.3 is 0 Å². The lowest BCUT2D eigenvalue weighted by atomic mass is 10.0. The van der Waals surface area contributed by atoms with Gasteiger partial charge in [-0.15, -0.1) is 0 Å². The van der Waals surface area contributed by atoms with Crippen LogP contribution in [0.3, 0.4) is 0 Å². The molecule has 1 heterocycles. The Morgan fingerprint density at radius 2 is 1.96 bits per heavy atom. The van der Waals surface area contributed by atoms with Crippen LogP contribution in [0.1, 0.15) is 56.6 Å². The van der Waals surface area contributed by atoms with Gasteiger partial charge in [0.2, 0.25) is 0 Å². The highest BCUT2D eigenvalue weighted by molar-refractivity contribution is 6.31. The van der Waals surface area contributed by atoms with Crippen molar-refractivity contribution in [2.75, 3.05) is 19.7 Å². The second-order valence-corrected chi connectivity index (χ2v) is 8.10. The largest absolute Gasteiger partial charge is 0.483 e. The molecule has 0 aromatic heterocycles. The average Bonchev–Trinajstić information content (AvgIpc) is 3.41. The zero-order valence-electron chi connectivity index (χ0n) is 15.5. The number of nitrogens with one attached hydrogen (secondary N) is 1. The van der Waals surface area contributed by atoms with Crippen molar-refractivity contribution in [3.63, 3.8) is 0 Å². The Hall–Kier alpha value is -1.26. The first-order chi connectivity index (χ1) is 11.9. The van der Waals surface area contributed by atoms with Crippen molar-refractivity contribution < 1.29 is 9.53 Å². The summed E-state index contributed by atoms with van der Waals surface area (Å²) in [6.07, 6.45) is 4.78. The normalized spacial score (nSPS) is 19.2. The summed E-state index contributed by atoms with van der Waals surface area (Å²) < 4.78 is 5.83. The van der Waals surface area contributed by atoms with E-state index in [2.05, 4.69) is 24.1 Å². The molecule has 2 aliphatic rings. The Morgan fingerprint density at radius 3 is 2.56 bits per heavy atom. The summed E-state index contributed by atoms with van der Waals surface area (Å²) >= 11 is 6.22. The summed E-state index contributed by atoms with van der Waals surface area (Å²) in [6, 6.07) is 4.98. The molecule has 1 aliphatic heterocycles. The van der Waals surface area contributed by atoms with Crippen molar-refractivity contribution in [3.8, 4) is 5.75 Å². The number of amides is 1. The zero-order chi connectivity index (χ0) is 18.0. The number of ether oxygens (including phenoxy) is 1. The Labute approximate surface area is 155 Å². The van der Waals surface area contributed by atoms with Crippen LogP contribution in [-0.2, 0) is 4.79 Å². The number of rotatable bonds is 6. The van der Waals surface area contributed by atoms with Gasteiger partial charge in [-0.2, -0.15) is 0 Å². The van der Waals surface area contributed by atoms with Gasteiger partial charge in [0.15, 0.2) is 6.61 Å². The van der Waals surface area contributed by atoms with E-state index in [1.165, 1.54) is 12.8 Å². The zero-order valence-corrected chi connectivity index (χ0v) is 16.2. The maximum atomic E-state index is 12.3. The molecule has 1 saturated carbocycles. The number of piperidine rings is 1. The van der Waals surface area contributed by atoms with Crippen LogP contribution < -0.4 is 10.1 Å². The topological polar surface area (TPSA) is 41.6 Å². The number of benzene rings is 1. The molecule has 25 heavy (non-hydrogen) atoms. The second-order valence-electron chi connectivity index (χ2n) is 7.69. The van der Waals surface area contributed by atoms with Gasteiger partial charge in [0, 0.05) is 30.2 Å². The monoisotopic (exact) mass is 364 g/mol. The minimum atomic E-state index is -0.0350. The van der Waals surface area contributed by atoms with Gasteiger partial charge in [-0.3, -0.25) is 4.79 Å². The number of hydrogen-bond acceptors (Lipinski definition) is 3. The van der Waals surface area contributed by atoms with Gasteiger partial charge in [-0.25, -0.2) is 0 Å². The number of carbonyl (C=O) groups is 1. The summed E-state index contributed by atoms with van der Waals surface area (Å²) in [6.45, 7) is 8.41. The summed E-state index contributed by atoms with van der Waals surface area (Å²) in [5.41, 5.74) is 2.01. The first kappa shape index (κ1) is 18.5. The van der Waals surface area contributed by atoms with E-state index in [1.54, 1.807) is 0 Å². The highest BCUT2D eigenvalue weighted by Gasteiger charge is 2.32. The fraction of sp³-hybridized carbons (Fsp3) is 0.650. The molecule has 1 N–H and O–H groups in total. The predicted octanol–water partition coefficient (Wildman–Crippen LogP) is 3.89. The van der Waals surface area contributed by atoms with Crippen LogP contribution in [-0.4, -0.2) is 42.6 Å². The SMILES string of the molecule is Cc1cc(OCC(=O)NC2CCN(C3CC3)CC2)c(C(C)C)cc1Cl. The molecule has 0 bridgehead atoms. The third kappa shape index (κ3) is 4.89. The van der Waals surface area contributed by atoms with Crippen molar-refractivity contribution in [2.24, 2.45) is 0 Å². The van der Waals surface area contributed by atoms with Crippen molar-refractivity contribution in [1.29, 1.82) is 0 Å². The number of halogens is 1. The van der Waals surface area contributed by atoms with Crippen molar-refractivity contribution in [1.82, 2.24) is 10.2 Å². The predicted molar refractivity (Wildman–Crippen MR) is 102 cm³/mol. The average molecular weight is 365 g/mol. The smallest absolute Gasteiger partial charge is 0.258 e. The lowest BCUT2D eigenvalue weighted by Crippen LogP contribution is -2.46. The lowest BCUT2D eigenvalue weighted by molar-refractivity contribution is -0.124. The van der Waals surface area contributed by atoms with Crippen LogP contribution in [0.2, 0.25) is 5.02 Å². The summed E-state index contributed by atoms with van der Waals surface area (Å²) in [4.78, 5) is 14.8. The minimum absolute atomic E-state index is 0.0350. The first-order valence-corrected chi connectivity index (χ1v) is 9.78. The van der Waals surface area contributed by atoms with Crippen LogP contribution in [0.15, 0.2) is 12.1 Å². The molecule has 0 unspecified atom stereocenters. The molecular formula is C20H29ClN2O2. The van der Waals surface area contributed by atoms with E-state index in [0.29, 0.717) is 5.92 Å². The minimum Gasteiger partial charge on any atom is -0.483 e. The van der Waals surface area contributed by atoms with E-state index in [1.807, 2.05) is 19.1 Å². The molecule has 2 fully saturated rings. The molecule has 138 valence electrons. The van der Waals surface area contributed by atoms with Crippen LogP contribution in [0.5, 0.6) is 5.75 Å². The first-order valence-electron chi connectivity index (χ1n) is 9.40. The summed E-state index contributed by atoms with van der Waals surface area (Å²) in [5, 5.41) is 3.87. The van der Waals surface area contributed by atoms with E-state index < -0.39 is 0 Å². The second kappa shape index (κ2) is 7.96. The Kier molecular flexibility index (Phi) is 5.90. The summed E-state index contributed by atoms with van der Waals surface area (Å²) in [7, 11) is 0. The Balaban J connectivity index is 1.50.